The Labute approximate surface area is 223 Å². The molecule has 1 radical (unpaired) electrons. The third kappa shape index (κ3) is 6.69. The van der Waals surface area contributed by atoms with Crippen LogP contribution in [0.3, 0.4) is 0 Å². The minimum atomic E-state index is -2.31. The third-order valence-corrected chi connectivity index (χ3v) is 6.32. The van der Waals surface area contributed by atoms with Gasteiger partial charge >= 0.3 is 22.4 Å². The Balaban J connectivity index is 0.000000465. The molecule has 0 saturated heterocycles. The van der Waals surface area contributed by atoms with Crippen molar-refractivity contribution in [2.45, 2.75) is 77.7 Å². The van der Waals surface area contributed by atoms with E-state index in [2.05, 4.69) is 36.2 Å². The minimum absolute atomic E-state index is 0. The number of benzene rings is 1. The number of fused-ring (bicyclic) bond motifs is 1. The first kappa shape index (κ1) is 29.0. The second-order valence-corrected chi connectivity index (χ2v) is 8.90. The Morgan fingerprint density at radius 2 is 1.94 bits per heavy atom. The van der Waals surface area contributed by atoms with Gasteiger partial charge in [0, 0.05) is 25.1 Å². The zero-order chi connectivity index (χ0) is 24.9. The summed E-state index contributed by atoms with van der Waals surface area (Å²) in [5.41, 5.74) is 11.7. The van der Waals surface area contributed by atoms with Crippen LogP contribution in [0.2, 0.25) is 0 Å². The van der Waals surface area contributed by atoms with E-state index in [1.165, 1.54) is 0 Å². The predicted octanol–water partition coefficient (Wildman–Crippen LogP) is 7.80. The number of pyridine rings is 1. The molecule has 2 aromatic heterocycles. The van der Waals surface area contributed by atoms with Crippen molar-refractivity contribution >= 4 is 22.3 Å². The maximum absolute atomic E-state index is 11.9. The summed E-state index contributed by atoms with van der Waals surface area (Å²) in [7, 11) is 0. The zero-order valence-corrected chi connectivity index (χ0v) is 23.0. The van der Waals surface area contributed by atoms with Crippen LogP contribution in [0.1, 0.15) is 82.9 Å². The monoisotopic (exact) mass is 557 g/mol. The molecule has 1 aliphatic carbocycles. The van der Waals surface area contributed by atoms with E-state index >= 15 is 0 Å². The van der Waals surface area contributed by atoms with Crippen LogP contribution in [-0.4, -0.2) is 20.7 Å². The molecule has 4 nitrogen and oxygen atoms in total. The fraction of sp³-hybridized carbons (Fsp3) is 0.429. The summed E-state index contributed by atoms with van der Waals surface area (Å²) in [5, 5.41) is 5.80. The molecule has 35 heavy (non-hydrogen) atoms. The quantitative estimate of drug-likeness (QED) is 0.238. The van der Waals surface area contributed by atoms with Gasteiger partial charge in [-0.05, 0) is 32.3 Å². The maximum Gasteiger partial charge on any atom is 2.00 e. The van der Waals surface area contributed by atoms with Gasteiger partial charge in [0.05, 0.1) is 16.6 Å². The molecular formula is C28H34F2N4Nb. The SMILES string of the molecule is FC1(F)CCCC1.[CH-]=C(CC)c1ccc(-c2nn(C(C)CCC)c3ccnc(N)c23)cc1[C-]=C.[Nb+2]. The molecule has 2 N–H and O–H groups in total. The van der Waals surface area contributed by atoms with Crippen molar-refractivity contribution in [3.05, 3.63) is 60.8 Å². The van der Waals surface area contributed by atoms with E-state index in [4.69, 9.17) is 17.4 Å². The van der Waals surface area contributed by atoms with Crippen LogP contribution in [0, 0.1) is 12.7 Å². The maximum atomic E-state index is 11.9. The zero-order valence-electron chi connectivity index (χ0n) is 20.8. The van der Waals surface area contributed by atoms with E-state index in [0.29, 0.717) is 18.7 Å². The van der Waals surface area contributed by atoms with Crippen molar-refractivity contribution in [3.8, 4) is 11.3 Å². The molecule has 1 saturated carbocycles. The fourth-order valence-corrected chi connectivity index (χ4v) is 4.39. The molecule has 0 bridgehead atoms. The second-order valence-electron chi connectivity index (χ2n) is 8.90. The van der Waals surface area contributed by atoms with Crippen LogP contribution in [0.5, 0.6) is 0 Å². The van der Waals surface area contributed by atoms with Crippen LogP contribution in [0.15, 0.2) is 37.0 Å². The van der Waals surface area contributed by atoms with E-state index < -0.39 is 5.92 Å². The molecule has 1 aliphatic rings. The van der Waals surface area contributed by atoms with E-state index in [-0.39, 0.29) is 41.3 Å². The molecule has 7 heteroatoms. The smallest absolute Gasteiger partial charge is 0.383 e. The topological polar surface area (TPSA) is 56.7 Å². The standard InChI is InChI=1S/C23H26N4.C5H8F2.Nb/c1-6-9-16(5)27-20-12-13-25-23(24)21(20)22(26-27)18-10-11-19(15(4)7-2)17(8-3)14-18;6-5(7)3-1-2-4-5;/h4,10-14,16H,3,6-7,9H2,1-2,5H3,(H2,24,25);1-4H2;/q-2;;+2. The largest absolute Gasteiger partial charge is 2.00 e. The number of hydrogen-bond donors (Lipinski definition) is 1. The number of nitrogens with two attached hydrogens (primary N) is 1. The number of hydrogen-bond acceptors (Lipinski definition) is 3. The number of rotatable bonds is 7. The Kier molecular flexibility index (Phi) is 10.4. The van der Waals surface area contributed by atoms with Crippen molar-refractivity contribution < 1.29 is 31.2 Å². The van der Waals surface area contributed by atoms with Crippen molar-refractivity contribution in [1.82, 2.24) is 14.8 Å². The first-order valence-corrected chi connectivity index (χ1v) is 12.0. The summed E-state index contributed by atoms with van der Waals surface area (Å²) in [5.74, 6) is -1.81. The summed E-state index contributed by atoms with van der Waals surface area (Å²) in [6, 6.07) is 8.32. The van der Waals surface area contributed by atoms with Gasteiger partial charge in [-0.15, -0.1) is 11.6 Å². The van der Waals surface area contributed by atoms with Gasteiger partial charge in [0.1, 0.15) is 5.82 Å². The molecule has 1 fully saturated rings. The van der Waals surface area contributed by atoms with Gasteiger partial charge in [0.15, 0.2) is 0 Å². The van der Waals surface area contributed by atoms with Crippen LogP contribution in [0.25, 0.3) is 27.7 Å². The van der Waals surface area contributed by atoms with Gasteiger partial charge < -0.3 is 5.73 Å². The molecule has 2 heterocycles. The summed E-state index contributed by atoms with van der Waals surface area (Å²) in [6.45, 7) is 16.4. The molecule has 4 rings (SSSR count). The van der Waals surface area contributed by atoms with Crippen molar-refractivity contribution in [2.24, 2.45) is 0 Å². The second kappa shape index (κ2) is 12.6. The molecule has 185 valence electrons. The Morgan fingerprint density at radius 3 is 2.49 bits per heavy atom. The number of nitrogens with zero attached hydrogens (tertiary/aromatic N) is 3. The van der Waals surface area contributed by atoms with E-state index in [9.17, 15) is 8.78 Å². The summed E-state index contributed by atoms with van der Waals surface area (Å²) in [4.78, 5) is 4.29. The number of aromatic nitrogens is 3. The summed E-state index contributed by atoms with van der Waals surface area (Å²) in [6.07, 6.45) is 9.32. The van der Waals surface area contributed by atoms with Crippen LogP contribution in [-0.2, 0) is 22.4 Å². The number of allylic oxidation sites excluding steroid dienone is 1. The molecule has 1 unspecified atom stereocenters. The molecular weight excluding hydrogens is 523 g/mol. The van der Waals surface area contributed by atoms with Crippen LogP contribution < -0.4 is 5.73 Å². The first-order chi connectivity index (χ1) is 16.2. The number of alkyl halides is 2. The van der Waals surface area contributed by atoms with Crippen molar-refractivity contribution in [1.29, 1.82) is 0 Å². The molecule has 1 atom stereocenters. The van der Waals surface area contributed by atoms with Gasteiger partial charge in [-0.3, -0.25) is 11.3 Å². The van der Waals surface area contributed by atoms with E-state index in [0.717, 1.165) is 58.1 Å². The predicted molar refractivity (Wildman–Crippen MR) is 136 cm³/mol. The summed E-state index contributed by atoms with van der Waals surface area (Å²) >= 11 is 0. The van der Waals surface area contributed by atoms with Crippen molar-refractivity contribution in [3.63, 3.8) is 0 Å². The van der Waals surface area contributed by atoms with Gasteiger partial charge in [0.25, 0.3) is 0 Å². The Morgan fingerprint density at radius 1 is 1.26 bits per heavy atom. The van der Waals surface area contributed by atoms with Crippen molar-refractivity contribution in [2.75, 3.05) is 5.73 Å². The summed E-state index contributed by atoms with van der Waals surface area (Å²) < 4.78 is 25.9. The first-order valence-electron chi connectivity index (χ1n) is 12.0. The van der Waals surface area contributed by atoms with Gasteiger partial charge in [-0.1, -0.05) is 38.3 Å². The fourth-order valence-electron chi connectivity index (χ4n) is 4.39. The van der Waals surface area contributed by atoms with E-state index in [1.54, 1.807) is 6.20 Å². The van der Waals surface area contributed by atoms with E-state index in [1.807, 2.05) is 31.2 Å². The molecule has 0 aliphatic heterocycles. The van der Waals surface area contributed by atoms with Gasteiger partial charge in [-0.2, -0.15) is 35.0 Å². The number of anilines is 1. The Hall–Kier alpha value is -2.28. The van der Waals surface area contributed by atoms with Gasteiger partial charge in [-0.25, -0.2) is 13.8 Å². The number of nitrogen functional groups attached to an aromatic ring is 1. The van der Waals surface area contributed by atoms with Gasteiger partial charge in [0.2, 0.25) is 5.92 Å². The normalized spacial score (nSPS) is 15.1. The average Bonchev–Trinajstić information content (AvgIpc) is 3.42. The Bertz CT molecular complexity index is 1160. The van der Waals surface area contributed by atoms with Crippen LogP contribution in [0.4, 0.5) is 14.6 Å². The molecule has 0 spiro atoms. The molecule has 3 aromatic rings. The minimum Gasteiger partial charge on any atom is -0.383 e. The molecule has 1 aromatic carbocycles. The molecule has 0 amide bonds. The van der Waals surface area contributed by atoms with Crippen LogP contribution >= 0.6 is 0 Å². The average molecular weight is 558 g/mol. The third-order valence-electron chi connectivity index (χ3n) is 6.32. The number of halogens is 2.